The molecule has 0 radical (unpaired) electrons. The molecule has 3 rings (SSSR count). The summed E-state index contributed by atoms with van der Waals surface area (Å²) in [7, 11) is 0. The molecule has 0 bridgehead atoms. The van der Waals surface area contributed by atoms with Crippen LogP contribution in [-0.4, -0.2) is 43.2 Å². The van der Waals surface area contributed by atoms with E-state index in [0.717, 1.165) is 29.7 Å². The number of hydrogen-bond donors (Lipinski definition) is 1. The second-order valence-corrected chi connectivity index (χ2v) is 7.28. The van der Waals surface area contributed by atoms with Gasteiger partial charge in [0.15, 0.2) is 0 Å². The third-order valence-electron chi connectivity index (χ3n) is 4.44. The SMILES string of the molecule is CC(CN1CCCCC1)NCC1Cc2cc(Br)ccc2O1. The van der Waals surface area contributed by atoms with Crippen molar-refractivity contribution in [1.29, 1.82) is 0 Å². The van der Waals surface area contributed by atoms with Gasteiger partial charge in [-0.25, -0.2) is 0 Å². The Bertz CT molecular complexity index is 474. The van der Waals surface area contributed by atoms with Gasteiger partial charge in [-0.2, -0.15) is 0 Å². The molecule has 2 aliphatic rings. The van der Waals surface area contributed by atoms with Gasteiger partial charge in [-0.05, 0) is 56.6 Å². The summed E-state index contributed by atoms with van der Waals surface area (Å²) in [5.74, 6) is 1.05. The van der Waals surface area contributed by atoms with Gasteiger partial charge in [0.1, 0.15) is 11.9 Å². The fourth-order valence-electron chi connectivity index (χ4n) is 3.33. The monoisotopic (exact) mass is 352 g/mol. The second kappa shape index (κ2) is 7.12. The van der Waals surface area contributed by atoms with Crippen LogP contribution < -0.4 is 10.1 Å². The van der Waals surface area contributed by atoms with Gasteiger partial charge < -0.3 is 15.0 Å². The van der Waals surface area contributed by atoms with Crippen LogP contribution in [0.5, 0.6) is 5.75 Å². The molecule has 116 valence electrons. The number of benzene rings is 1. The first-order valence-corrected chi connectivity index (χ1v) is 8.91. The van der Waals surface area contributed by atoms with Crippen LogP contribution in [0.1, 0.15) is 31.7 Å². The number of rotatable bonds is 5. The first-order chi connectivity index (χ1) is 10.2. The van der Waals surface area contributed by atoms with Crippen LogP contribution in [-0.2, 0) is 6.42 Å². The number of piperidine rings is 1. The van der Waals surface area contributed by atoms with Crippen molar-refractivity contribution in [2.45, 2.75) is 44.8 Å². The molecule has 21 heavy (non-hydrogen) atoms. The van der Waals surface area contributed by atoms with Gasteiger partial charge >= 0.3 is 0 Å². The molecule has 2 atom stereocenters. The van der Waals surface area contributed by atoms with Crippen LogP contribution >= 0.6 is 15.9 Å². The van der Waals surface area contributed by atoms with Crippen molar-refractivity contribution >= 4 is 15.9 Å². The van der Waals surface area contributed by atoms with Crippen molar-refractivity contribution in [3.05, 3.63) is 28.2 Å². The quantitative estimate of drug-likeness (QED) is 0.880. The van der Waals surface area contributed by atoms with E-state index in [1.54, 1.807) is 0 Å². The molecule has 0 amide bonds. The Hall–Kier alpha value is -0.580. The Kier molecular flexibility index (Phi) is 5.19. The van der Waals surface area contributed by atoms with Crippen molar-refractivity contribution in [1.82, 2.24) is 10.2 Å². The van der Waals surface area contributed by atoms with Crippen LogP contribution in [0.4, 0.5) is 0 Å². The number of nitrogens with zero attached hydrogens (tertiary/aromatic N) is 1. The molecule has 2 heterocycles. The zero-order valence-corrected chi connectivity index (χ0v) is 14.4. The average molecular weight is 353 g/mol. The third-order valence-corrected chi connectivity index (χ3v) is 4.93. The summed E-state index contributed by atoms with van der Waals surface area (Å²) in [5.41, 5.74) is 1.32. The standard InChI is InChI=1S/C17H25BrN2O/c1-13(12-20-7-3-2-4-8-20)19-11-16-10-14-9-15(18)5-6-17(14)21-16/h5-6,9,13,16,19H,2-4,7-8,10-12H2,1H3. The smallest absolute Gasteiger partial charge is 0.123 e. The molecule has 2 unspecified atom stereocenters. The predicted molar refractivity (Wildman–Crippen MR) is 90.0 cm³/mol. The van der Waals surface area contributed by atoms with E-state index in [9.17, 15) is 0 Å². The minimum Gasteiger partial charge on any atom is -0.488 e. The lowest BCUT2D eigenvalue weighted by molar-refractivity contribution is 0.190. The summed E-state index contributed by atoms with van der Waals surface area (Å²) in [6.45, 7) is 6.91. The predicted octanol–water partition coefficient (Wildman–Crippen LogP) is 3.22. The molecule has 2 aliphatic heterocycles. The number of likely N-dealkylation sites (tertiary alicyclic amines) is 1. The maximum absolute atomic E-state index is 6.01. The number of nitrogens with one attached hydrogen (secondary N) is 1. The van der Waals surface area contributed by atoms with Crippen molar-refractivity contribution < 1.29 is 4.74 Å². The van der Waals surface area contributed by atoms with Gasteiger partial charge in [0.2, 0.25) is 0 Å². The minimum atomic E-state index is 0.276. The Morgan fingerprint density at radius 2 is 2.14 bits per heavy atom. The molecule has 0 spiro atoms. The summed E-state index contributed by atoms with van der Waals surface area (Å²) in [6.07, 6.45) is 5.42. The maximum atomic E-state index is 6.01. The van der Waals surface area contributed by atoms with E-state index in [1.165, 1.54) is 37.9 Å². The van der Waals surface area contributed by atoms with E-state index in [2.05, 4.69) is 45.2 Å². The lowest BCUT2D eigenvalue weighted by Gasteiger charge is -2.29. The van der Waals surface area contributed by atoms with Crippen molar-refractivity contribution in [2.24, 2.45) is 0 Å². The van der Waals surface area contributed by atoms with E-state index in [0.29, 0.717) is 6.04 Å². The molecule has 0 aromatic heterocycles. The van der Waals surface area contributed by atoms with E-state index in [1.807, 2.05) is 6.07 Å². The van der Waals surface area contributed by atoms with E-state index in [4.69, 9.17) is 4.74 Å². The molecule has 1 saturated heterocycles. The van der Waals surface area contributed by atoms with Gasteiger partial charge in [0.25, 0.3) is 0 Å². The highest BCUT2D eigenvalue weighted by atomic mass is 79.9. The van der Waals surface area contributed by atoms with Gasteiger partial charge in [0, 0.05) is 30.0 Å². The zero-order chi connectivity index (χ0) is 14.7. The number of halogens is 1. The van der Waals surface area contributed by atoms with Crippen LogP contribution in [0.25, 0.3) is 0 Å². The highest BCUT2D eigenvalue weighted by Gasteiger charge is 2.23. The van der Waals surface area contributed by atoms with Crippen molar-refractivity contribution in [2.75, 3.05) is 26.2 Å². The first kappa shape index (κ1) is 15.3. The molecule has 1 fully saturated rings. The minimum absolute atomic E-state index is 0.276. The Morgan fingerprint density at radius 3 is 2.95 bits per heavy atom. The fraction of sp³-hybridized carbons (Fsp3) is 0.647. The second-order valence-electron chi connectivity index (χ2n) is 6.37. The summed E-state index contributed by atoms with van der Waals surface area (Å²) in [6, 6.07) is 6.82. The van der Waals surface area contributed by atoms with Gasteiger partial charge in [-0.15, -0.1) is 0 Å². The van der Waals surface area contributed by atoms with E-state index < -0.39 is 0 Å². The summed E-state index contributed by atoms with van der Waals surface area (Å²) in [4.78, 5) is 2.59. The van der Waals surface area contributed by atoms with Gasteiger partial charge in [-0.1, -0.05) is 22.4 Å². The highest BCUT2D eigenvalue weighted by Crippen LogP contribution is 2.30. The van der Waals surface area contributed by atoms with Gasteiger partial charge in [0.05, 0.1) is 0 Å². The lowest BCUT2D eigenvalue weighted by Crippen LogP contribution is -2.44. The Morgan fingerprint density at radius 1 is 1.33 bits per heavy atom. The summed E-state index contributed by atoms with van der Waals surface area (Å²) >= 11 is 3.53. The van der Waals surface area contributed by atoms with Crippen molar-refractivity contribution in [3.8, 4) is 5.75 Å². The van der Waals surface area contributed by atoms with E-state index in [-0.39, 0.29) is 6.10 Å². The summed E-state index contributed by atoms with van der Waals surface area (Å²) < 4.78 is 7.14. The number of hydrogen-bond acceptors (Lipinski definition) is 3. The molecule has 1 aromatic carbocycles. The van der Waals surface area contributed by atoms with E-state index >= 15 is 0 Å². The molecule has 1 N–H and O–H groups in total. The topological polar surface area (TPSA) is 24.5 Å². The Labute approximate surface area is 136 Å². The molecular weight excluding hydrogens is 328 g/mol. The Balaban J connectivity index is 1.42. The average Bonchev–Trinajstić information content (AvgIpc) is 2.88. The first-order valence-electron chi connectivity index (χ1n) is 8.11. The van der Waals surface area contributed by atoms with Gasteiger partial charge in [-0.3, -0.25) is 0 Å². The summed E-state index contributed by atoms with van der Waals surface area (Å²) in [5, 5.41) is 3.64. The number of ether oxygens (including phenoxy) is 1. The normalized spacial score (nSPS) is 23.6. The fourth-order valence-corrected chi connectivity index (χ4v) is 3.74. The van der Waals surface area contributed by atoms with Crippen LogP contribution in [0.3, 0.4) is 0 Å². The molecule has 1 aromatic rings. The highest BCUT2D eigenvalue weighted by molar-refractivity contribution is 9.10. The van der Waals surface area contributed by atoms with Crippen LogP contribution in [0, 0.1) is 0 Å². The molecule has 3 nitrogen and oxygen atoms in total. The largest absolute Gasteiger partial charge is 0.488 e. The van der Waals surface area contributed by atoms with Crippen LogP contribution in [0.15, 0.2) is 22.7 Å². The van der Waals surface area contributed by atoms with Crippen LogP contribution in [0.2, 0.25) is 0 Å². The molecular formula is C17H25BrN2O. The molecule has 0 aliphatic carbocycles. The third kappa shape index (κ3) is 4.21. The molecule has 4 heteroatoms. The number of fused-ring (bicyclic) bond motifs is 1. The molecule has 0 saturated carbocycles. The van der Waals surface area contributed by atoms with Crippen molar-refractivity contribution in [3.63, 3.8) is 0 Å². The lowest BCUT2D eigenvalue weighted by atomic mass is 10.1. The zero-order valence-electron chi connectivity index (χ0n) is 12.8. The maximum Gasteiger partial charge on any atom is 0.123 e.